The van der Waals surface area contributed by atoms with Gasteiger partial charge >= 0.3 is 0 Å². The Morgan fingerprint density at radius 2 is 2.08 bits per heavy atom. The number of carbonyl (C=O) groups is 1. The molecule has 0 aliphatic carbocycles. The van der Waals surface area contributed by atoms with E-state index in [0.717, 1.165) is 16.3 Å². The predicted molar refractivity (Wildman–Crippen MR) is 98.2 cm³/mol. The first kappa shape index (κ1) is 16.5. The number of carbonyl (C=O) groups excluding carboxylic acids is 1. The summed E-state index contributed by atoms with van der Waals surface area (Å²) in [7, 11) is 1.52. The molecule has 0 aliphatic heterocycles. The molecule has 0 aliphatic rings. The van der Waals surface area contributed by atoms with Crippen molar-refractivity contribution in [2.24, 2.45) is 0 Å². The number of hydrogen-bond donors (Lipinski definition) is 1. The zero-order valence-electron chi connectivity index (χ0n) is 13.2. The number of aryl methyl sites for hydroxylation is 1. The summed E-state index contributed by atoms with van der Waals surface area (Å²) in [5.74, 6) is 0.198. The fourth-order valence-electron chi connectivity index (χ4n) is 2.31. The van der Waals surface area contributed by atoms with E-state index in [0.29, 0.717) is 22.0 Å². The van der Waals surface area contributed by atoms with Crippen molar-refractivity contribution in [3.8, 4) is 17.0 Å². The number of nitrogens with zero attached hydrogens (tertiary/aromatic N) is 1. The molecule has 3 aromatic rings. The first-order chi connectivity index (χ1) is 11.6. The third kappa shape index (κ3) is 3.58. The van der Waals surface area contributed by atoms with E-state index in [9.17, 15) is 4.79 Å². The van der Waals surface area contributed by atoms with Crippen molar-refractivity contribution in [2.45, 2.75) is 6.92 Å². The van der Waals surface area contributed by atoms with Gasteiger partial charge in [0.2, 0.25) is 0 Å². The van der Waals surface area contributed by atoms with Crippen LogP contribution in [0.5, 0.6) is 5.75 Å². The van der Waals surface area contributed by atoms with Crippen LogP contribution in [0.25, 0.3) is 11.3 Å². The minimum absolute atomic E-state index is 0.277. The van der Waals surface area contributed by atoms with Gasteiger partial charge < -0.3 is 10.1 Å². The molecule has 4 nitrogen and oxygen atoms in total. The third-order valence-corrected chi connectivity index (χ3v) is 4.45. The van der Waals surface area contributed by atoms with Crippen molar-refractivity contribution < 1.29 is 9.53 Å². The van der Waals surface area contributed by atoms with Gasteiger partial charge in [0.05, 0.1) is 23.4 Å². The van der Waals surface area contributed by atoms with Crippen LogP contribution >= 0.6 is 22.9 Å². The topological polar surface area (TPSA) is 51.2 Å². The molecule has 0 atom stereocenters. The molecule has 0 bridgehead atoms. The van der Waals surface area contributed by atoms with Crippen LogP contribution in [-0.2, 0) is 0 Å². The Morgan fingerprint density at radius 1 is 1.25 bits per heavy atom. The van der Waals surface area contributed by atoms with Crippen LogP contribution in [0.15, 0.2) is 47.8 Å². The lowest BCUT2D eigenvalue weighted by Gasteiger charge is -2.10. The maximum absolute atomic E-state index is 12.5. The fraction of sp³-hybridized carbons (Fsp3) is 0.111. The molecule has 122 valence electrons. The molecule has 0 spiro atoms. The Bertz CT molecular complexity index is 892. The molecule has 6 heteroatoms. The van der Waals surface area contributed by atoms with E-state index < -0.39 is 0 Å². The van der Waals surface area contributed by atoms with Crippen LogP contribution in [0.2, 0.25) is 5.02 Å². The van der Waals surface area contributed by atoms with Crippen molar-refractivity contribution >= 4 is 34.5 Å². The summed E-state index contributed by atoms with van der Waals surface area (Å²) < 4.78 is 5.23. The average Bonchev–Trinajstić information content (AvgIpc) is 3.01. The summed E-state index contributed by atoms with van der Waals surface area (Å²) >= 11 is 7.58. The molecule has 1 aromatic heterocycles. The van der Waals surface area contributed by atoms with Gasteiger partial charge in [-0.2, -0.15) is 0 Å². The van der Waals surface area contributed by atoms with E-state index in [1.165, 1.54) is 7.11 Å². The van der Waals surface area contributed by atoms with Crippen LogP contribution in [0.3, 0.4) is 0 Å². The van der Waals surface area contributed by atoms with E-state index >= 15 is 0 Å². The standard InChI is InChI=1S/C18H15ClN2O2S/c1-11-20-16(10-24-11)12-4-3-5-14(8-12)21-18(22)15-9-13(19)6-7-17(15)23-2/h3-10H,1-2H3,(H,21,22). The van der Waals surface area contributed by atoms with Gasteiger partial charge in [0.25, 0.3) is 5.91 Å². The van der Waals surface area contributed by atoms with Gasteiger partial charge in [-0.3, -0.25) is 4.79 Å². The summed E-state index contributed by atoms with van der Waals surface area (Å²) in [4.78, 5) is 17.0. The summed E-state index contributed by atoms with van der Waals surface area (Å²) in [6, 6.07) is 12.5. The number of nitrogens with one attached hydrogen (secondary N) is 1. The molecule has 1 heterocycles. The molecule has 2 aromatic carbocycles. The Balaban J connectivity index is 1.86. The highest BCUT2D eigenvalue weighted by Crippen LogP contribution is 2.26. The molecule has 0 saturated carbocycles. The first-order valence-corrected chi connectivity index (χ1v) is 8.50. The van der Waals surface area contributed by atoms with E-state index in [2.05, 4.69) is 10.3 Å². The van der Waals surface area contributed by atoms with Crippen LogP contribution < -0.4 is 10.1 Å². The van der Waals surface area contributed by atoms with Crippen molar-refractivity contribution in [1.29, 1.82) is 0 Å². The molecule has 0 saturated heterocycles. The molecule has 3 rings (SSSR count). The van der Waals surface area contributed by atoms with Gasteiger partial charge in [-0.25, -0.2) is 4.98 Å². The second-order valence-corrected chi connectivity index (χ2v) is 6.63. The number of benzene rings is 2. The monoisotopic (exact) mass is 358 g/mol. The molecule has 0 radical (unpaired) electrons. The highest BCUT2D eigenvalue weighted by atomic mass is 35.5. The molecule has 24 heavy (non-hydrogen) atoms. The number of anilines is 1. The number of aromatic nitrogens is 1. The second-order valence-electron chi connectivity index (χ2n) is 5.13. The SMILES string of the molecule is COc1ccc(Cl)cc1C(=O)Nc1cccc(-c2csc(C)n2)c1. The van der Waals surface area contributed by atoms with E-state index in [1.54, 1.807) is 29.5 Å². The van der Waals surface area contributed by atoms with Crippen LogP contribution in [0.1, 0.15) is 15.4 Å². The predicted octanol–water partition coefficient (Wildman–Crippen LogP) is 5.03. The van der Waals surface area contributed by atoms with Gasteiger partial charge in [0, 0.05) is 21.7 Å². The average molecular weight is 359 g/mol. The van der Waals surface area contributed by atoms with Crippen LogP contribution in [0, 0.1) is 6.92 Å². The lowest BCUT2D eigenvalue weighted by molar-refractivity contribution is 0.102. The number of methoxy groups -OCH3 is 1. The van der Waals surface area contributed by atoms with E-state index in [4.69, 9.17) is 16.3 Å². The Hall–Kier alpha value is -2.37. The molecule has 0 fully saturated rings. The normalized spacial score (nSPS) is 10.5. The van der Waals surface area contributed by atoms with Gasteiger partial charge in [-0.15, -0.1) is 11.3 Å². The molecule has 1 amide bonds. The first-order valence-electron chi connectivity index (χ1n) is 7.24. The van der Waals surface area contributed by atoms with Gasteiger partial charge in [-0.05, 0) is 37.3 Å². The summed E-state index contributed by atoms with van der Waals surface area (Å²) in [5.41, 5.74) is 2.93. The van der Waals surface area contributed by atoms with Crippen molar-refractivity contribution in [3.63, 3.8) is 0 Å². The minimum Gasteiger partial charge on any atom is -0.496 e. The van der Waals surface area contributed by atoms with Crippen LogP contribution in [-0.4, -0.2) is 18.0 Å². The maximum Gasteiger partial charge on any atom is 0.259 e. The van der Waals surface area contributed by atoms with Crippen molar-refractivity contribution in [3.05, 3.63) is 63.4 Å². The lowest BCUT2D eigenvalue weighted by atomic mass is 10.1. The largest absolute Gasteiger partial charge is 0.496 e. The summed E-state index contributed by atoms with van der Waals surface area (Å²) in [5, 5.41) is 6.35. The number of rotatable bonds is 4. The zero-order chi connectivity index (χ0) is 17.1. The Kier molecular flexibility index (Phi) is 4.83. The number of halogens is 1. The molecule has 0 unspecified atom stereocenters. The minimum atomic E-state index is -0.277. The number of hydrogen-bond acceptors (Lipinski definition) is 4. The fourth-order valence-corrected chi connectivity index (χ4v) is 3.10. The van der Waals surface area contributed by atoms with Gasteiger partial charge in [-0.1, -0.05) is 23.7 Å². The molecule has 1 N–H and O–H groups in total. The quantitative estimate of drug-likeness (QED) is 0.711. The number of amides is 1. The van der Waals surface area contributed by atoms with E-state index in [1.807, 2.05) is 36.6 Å². The molecular weight excluding hydrogens is 344 g/mol. The summed E-state index contributed by atoms with van der Waals surface area (Å²) in [6.45, 7) is 1.96. The number of ether oxygens (including phenoxy) is 1. The smallest absolute Gasteiger partial charge is 0.259 e. The van der Waals surface area contributed by atoms with E-state index in [-0.39, 0.29) is 5.91 Å². The Morgan fingerprint density at radius 3 is 2.79 bits per heavy atom. The molecular formula is C18H15ClN2O2S. The van der Waals surface area contributed by atoms with Crippen molar-refractivity contribution in [1.82, 2.24) is 4.98 Å². The number of thiazole rings is 1. The highest BCUT2D eigenvalue weighted by molar-refractivity contribution is 7.09. The summed E-state index contributed by atoms with van der Waals surface area (Å²) in [6.07, 6.45) is 0. The highest BCUT2D eigenvalue weighted by Gasteiger charge is 2.13. The zero-order valence-corrected chi connectivity index (χ0v) is 14.7. The van der Waals surface area contributed by atoms with Gasteiger partial charge in [0.15, 0.2) is 0 Å². The van der Waals surface area contributed by atoms with Crippen molar-refractivity contribution in [2.75, 3.05) is 12.4 Å². The van der Waals surface area contributed by atoms with Gasteiger partial charge in [0.1, 0.15) is 5.75 Å². The third-order valence-electron chi connectivity index (χ3n) is 3.44. The Labute approximate surface area is 149 Å². The maximum atomic E-state index is 12.5. The lowest BCUT2D eigenvalue weighted by Crippen LogP contribution is -2.13. The van der Waals surface area contributed by atoms with Crippen LogP contribution in [0.4, 0.5) is 5.69 Å². The second kappa shape index (κ2) is 7.03.